The van der Waals surface area contributed by atoms with Gasteiger partial charge in [-0.1, -0.05) is 43.5 Å². The van der Waals surface area contributed by atoms with Crippen LogP contribution in [0.2, 0.25) is 0 Å². The first-order valence-electron chi connectivity index (χ1n) is 10.3. The Morgan fingerprint density at radius 1 is 1.07 bits per heavy atom. The van der Waals surface area contributed by atoms with Gasteiger partial charge < -0.3 is 13.9 Å². The first-order valence-corrected chi connectivity index (χ1v) is 10.3. The molecule has 1 saturated carbocycles. The van der Waals surface area contributed by atoms with Crippen LogP contribution >= 0.6 is 0 Å². The first kappa shape index (κ1) is 18.6. The Hall–Kier alpha value is -2.75. The van der Waals surface area contributed by atoms with Gasteiger partial charge in [-0.25, -0.2) is 0 Å². The van der Waals surface area contributed by atoms with E-state index >= 15 is 0 Å². The van der Waals surface area contributed by atoms with Gasteiger partial charge >= 0.3 is 0 Å². The molecular weight excluding hydrogens is 348 g/mol. The highest BCUT2D eigenvalue weighted by molar-refractivity contribution is 5.91. The molecular formula is C24H28N2O2. The largest absolute Gasteiger partial charge is 0.459 e. The van der Waals surface area contributed by atoms with Crippen molar-refractivity contribution in [3.63, 3.8) is 0 Å². The van der Waals surface area contributed by atoms with E-state index in [4.69, 9.17) is 4.42 Å². The maximum Gasteiger partial charge on any atom is 0.290 e. The number of carbonyl (C=O) groups excluding carboxylic acids is 1. The normalized spacial score (nSPS) is 14.9. The molecule has 1 aliphatic carbocycles. The maximum absolute atomic E-state index is 13.2. The van der Waals surface area contributed by atoms with Gasteiger partial charge in [-0.15, -0.1) is 0 Å². The summed E-state index contributed by atoms with van der Waals surface area (Å²) in [5.41, 5.74) is 3.76. The van der Waals surface area contributed by atoms with Gasteiger partial charge in [0.25, 0.3) is 5.91 Å². The number of hydrogen-bond donors (Lipinski definition) is 0. The summed E-state index contributed by atoms with van der Waals surface area (Å²) in [5, 5.41) is 0. The van der Waals surface area contributed by atoms with Crippen molar-refractivity contribution in [3.05, 3.63) is 83.6 Å². The van der Waals surface area contributed by atoms with Crippen LogP contribution in [0.4, 0.5) is 0 Å². The van der Waals surface area contributed by atoms with E-state index in [1.807, 2.05) is 4.90 Å². The molecule has 0 spiro atoms. The van der Waals surface area contributed by atoms with Gasteiger partial charge in [0.05, 0.1) is 12.8 Å². The van der Waals surface area contributed by atoms with Crippen molar-refractivity contribution in [2.45, 2.75) is 58.2 Å². The molecule has 1 aromatic carbocycles. The van der Waals surface area contributed by atoms with Crippen LogP contribution in [0, 0.1) is 6.92 Å². The Labute approximate surface area is 166 Å². The quantitative estimate of drug-likeness (QED) is 0.577. The van der Waals surface area contributed by atoms with E-state index in [0.29, 0.717) is 12.3 Å². The van der Waals surface area contributed by atoms with Crippen molar-refractivity contribution in [1.82, 2.24) is 9.47 Å². The van der Waals surface area contributed by atoms with Crippen molar-refractivity contribution in [3.8, 4) is 0 Å². The molecule has 0 radical (unpaired) electrons. The maximum atomic E-state index is 13.2. The molecule has 1 aliphatic rings. The monoisotopic (exact) mass is 376 g/mol. The molecule has 4 rings (SSSR count). The highest BCUT2D eigenvalue weighted by Crippen LogP contribution is 2.26. The van der Waals surface area contributed by atoms with Gasteiger partial charge in [0.2, 0.25) is 0 Å². The second-order valence-corrected chi connectivity index (χ2v) is 7.76. The lowest BCUT2D eigenvalue weighted by molar-refractivity contribution is 0.0576. The van der Waals surface area contributed by atoms with E-state index in [1.165, 1.54) is 30.4 Å². The first-order chi connectivity index (χ1) is 13.7. The topological polar surface area (TPSA) is 38.4 Å². The van der Waals surface area contributed by atoms with Crippen LogP contribution in [-0.2, 0) is 13.1 Å². The van der Waals surface area contributed by atoms with E-state index in [2.05, 4.69) is 54.1 Å². The highest BCUT2D eigenvalue weighted by Gasteiger charge is 2.28. The molecule has 2 aromatic heterocycles. The fraction of sp³-hybridized carbons (Fsp3) is 0.375. The van der Waals surface area contributed by atoms with Crippen molar-refractivity contribution in [2.24, 2.45) is 0 Å². The molecule has 28 heavy (non-hydrogen) atoms. The minimum Gasteiger partial charge on any atom is -0.459 e. The lowest BCUT2D eigenvalue weighted by Crippen LogP contribution is -2.41. The van der Waals surface area contributed by atoms with Crippen molar-refractivity contribution >= 4 is 5.91 Å². The number of nitrogens with zero attached hydrogens (tertiary/aromatic N) is 2. The molecule has 1 fully saturated rings. The smallest absolute Gasteiger partial charge is 0.290 e. The SMILES string of the molecule is Cc1ccccc1Cn1cccc1CN(C(=O)c1ccco1)C1CCCCC1. The van der Waals surface area contributed by atoms with E-state index in [1.54, 1.807) is 18.4 Å². The second-order valence-electron chi connectivity index (χ2n) is 7.76. The summed E-state index contributed by atoms with van der Waals surface area (Å²) < 4.78 is 7.69. The summed E-state index contributed by atoms with van der Waals surface area (Å²) in [5.74, 6) is 0.433. The van der Waals surface area contributed by atoms with Crippen LogP contribution in [0.3, 0.4) is 0 Å². The van der Waals surface area contributed by atoms with E-state index in [-0.39, 0.29) is 11.9 Å². The van der Waals surface area contributed by atoms with Gasteiger partial charge in [0, 0.05) is 24.5 Å². The summed E-state index contributed by atoms with van der Waals surface area (Å²) in [6.45, 7) is 3.58. The molecule has 0 unspecified atom stereocenters. The van der Waals surface area contributed by atoms with Crippen LogP contribution in [0.5, 0.6) is 0 Å². The molecule has 0 bridgehead atoms. The van der Waals surface area contributed by atoms with E-state index in [9.17, 15) is 4.79 Å². The number of aryl methyl sites for hydroxylation is 1. The average molecular weight is 377 g/mol. The fourth-order valence-corrected chi connectivity index (χ4v) is 4.19. The Morgan fingerprint density at radius 3 is 2.64 bits per heavy atom. The minimum atomic E-state index is 0.000502. The predicted octanol–water partition coefficient (Wildman–Crippen LogP) is 5.41. The Kier molecular flexibility index (Phi) is 5.65. The summed E-state index contributed by atoms with van der Waals surface area (Å²) in [4.78, 5) is 15.2. The van der Waals surface area contributed by atoms with Crippen molar-refractivity contribution < 1.29 is 9.21 Å². The van der Waals surface area contributed by atoms with E-state index in [0.717, 1.165) is 25.1 Å². The summed E-state index contributed by atoms with van der Waals surface area (Å²) >= 11 is 0. The number of aromatic nitrogens is 1. The van der Waals surface area contributed by atoms with Crippen LogP contribution in [0.25, 0.3) is 0 Å². The number of carbonyl (C=O) groups is 1. The Bertz CT molecular complexity index is 904. The summed E-state index contributed by atoms with van der Waals surface area (Å²) in [7, 11) is 0. The third-order valence-electron chi connectivity index (χ3n) is 5.87. The standard InChI is InChI=1S/C24H28N2O2/c1-19-9-5-6-10-20(19)17-25-15-7-13-22(25)18-26(21-11-3-2-4-12-21)24(27)23-14-8-16-28-23/h5-10,13-16,21H,2-4,11-12,17-18H2,1H3. The van der Waals surface area contributed by atoms with Crippen molar-refractivity contribution in [1.29, 1.82) is 0 Å². The third kappa shape index (κ3) is 4.06. The van der Waals surface area contributed by atoms with Crippen LogP contribution in [0.1, 0.15) is 59.5 Å². The Balaban J connectivity index is 1.58. The summed E-state index contributed by atoms with van der Waals surface area (Å²) in [6, 6.07) is 16.5. The van der Waals surface area contributed by atoms with Gasteiger partial charge in [-0.2, -0.15) is 0 Å². The molecule has 4 nitrogen and oxygen atoms in total. The third-order valence-corrected chi connectivity index (χ3v) is 5.87. The predicted molar refractivity (Wildman–Crippen MR) is 110 cm³/mol. The number of amides is 1. The molecule has 1 amide bonds. The van der Waals surface area contributed by atoms with E-state index < -0.39 is 0 Å². The molecule has 3 aromatic rings. The zero-order chi connectivity index (χ0) is 19.3. The second kappa shape index (κ2) is 8.51. The van der Waals surface area contributed by atoms with Crippen LogP contribution in [-0.4, -0.2) is 21.4 Å². The molecule has 4 heteroatoms. The molecule has 2 heterocycles. The van der Waals surface area contributed by atoms with Gasteiger partial charge in [0.1, 0.15) is 0 Å². The van der Waals surface area contributed by atoms with Crippen LogP contribution < -0.4 is 0 Å². The zero-order valence-corrected chi connectivity index (χ0v) is 16.5. The van der Waals surface area contributed by atoms with Crippen molar-refractivity contribution in [2.75, 3.05) is 0 Å². The average Bonchev–Trinajstić information content (AvgIpc) is 3.40. The van der Waals surface area contributed by atoms with Gasteiger partial charge in [-0.05, 0) is 55.2 Å². The Morgan fingerprint density at radius 2 is 1.89 bits per heavy atom. The molecule has 0 saturated heterocycles. The highest BCUT2D eigenvalue weighted by atomic mass is 16.3. The lowest BCUT2D eigenvalue weighted by Gasteiger charge is -2.34. The number of benzene rings is 1. The van der Waals surface area contributed by atoms with Gasteiger partial charge in [-0.3, -0.25) is 4.79 Å². The number of rotatable bonds is 6. The van der Waals surface area contributed by atoms with Gasteiger partial charge in [0.15, 0.2) is 5.76 Å². The molecule has 0 aliphatic heterocycles. The summed E-state index contributed by atoms with van der Waals surface area (Å²) in [6.07, 6.45) is 9.48. The number of furan rings is 1. The lowest BCUT2D eigenvalue weighted by atomic mass is 9.94. The minimum absolute atomic E-state index is 0.000502. The number of hydrogen-bond acceptors (Lipinski definition) is 2. The molecule has 0 N–H and O–H groups in total. The molecule has 146 valence electrons. The fourth-order valence-electron chi connectivity index (χ4n) is 4.19. The zero-order valence-electron chi connectivity index (χ0n) is 16.5. The molecule has 0 atom stereocenters. The van der Waals surface area contributed by atoms with Crippen LogP contribution in [0.15, 0.2) is 65.4 Å².